The molecule has 8 nitrogen and oxygen atoms in total. The van der Waals surface area contributed by atoms with E-state index in [0.717, 1.165) is 22.7 Å². The van der Waals surface area contributed by atoms with E-state index in [1.165, 1.54) is 0 Å². The van der Waals surface area contributed by atoms with E-state index in [9.17, 15) is 9.59 Å². The van der Waals surface area contributed by atoms with Crippen molar-refractivity contribution in [3.8, 4) is 22.7 Å². The van der Waals surface area contributed by atoms with E-state index >= 15 is 0 Å². The summed E-state index contributed by atoms with van der Waals surface area (Å²) in [6.07, 6.45) is 1.05. The van der Waals surface area contributed by atoms with Crippen LogP contribution in [-0.2, 0) is 4.74 Å². The summed E-state index contributed by atoms with van der Waals surface area (Å²) < 4.78 is 12.1. The maximum Gasteiger partial charge on any atom is 0.409 e. The normalized spacial score (nSPS) is 14.1. The highest BCUT2D eigenvalue weighted by molar-refractivity contribution is 5.93. The number of methoxy groups -OCH3 is 1. The predicted octanol–water partition coefficient (Wildman–Crippen LogP) is 3.90. The third-order valence-corrected chi connectivity index (χ3v) is 5.68. The van der Waals surface area contributed by atoms with Crippen molar-refractivity contribution in [3.63, 3.8) is 0 Å². The Kier molecular flexibility index (Phi) is 6.92. The van der Waals surface area contributed by atoms with Crippen LogP contribution in [0.3, 0.4) is 0 Å². The van der Waals surface area contributed by atoms with Gasteiger partial charge in [0.1, 0.15) is 5.75 Å². The Morgan fingerprint density at radius 1 is 1.06 bits per heavy atom. The molecule has 0 aliphatic carbocycles. The summed E-state index contributed by atoms with van der Waals surface area (Å²) in [5.41, 5.74) is 2.95. The lowest BCUT2D eigenvalue weighted by Crippen LogP contribution is -2.46. The van der Waals surface area contributed by atoms with Crippen LogP contribution in [0.2, 0.25) is 0 Å². The van der Waals surface area contributed by atoms with Crippen LogP contribution in [0.4, 0.5) is 4.79 Å². The summed E-state index contributed by atoms with van der Waals surface area (Å²) in [5.74, 6) is 0.533. The first-order valence-corrected chi connectivity index (χ1v) is 11.1. The van der Waals surface area contributed by atoms with Crippen LogP contribution in [0.25, 0.3) is 16.9 Å². The monoisotopic (exact) mass is 448 g/mol. The molecule has 0 radical (unpaired) electrons. The van der Waals surface area contributed by atoms with Gasteiger partial charge in [0.25, 0.3) is 5.91 Å². The number of carbonyl (C=O) groups is 2. The molecule has 1 aliphatic rings. The van der Waals surface area contributed by atoms with E-state index in [1.54, 1.807) is 29.7 Å². The summed E-state index contributed by atoms with van der Waals surface area (Å²) in [5, 5.41) is 7.70. The summed E-state index contributed by atoms with van der Waals surface area (Å²) in [7, 11) is 1.63. The Labute approximate surface area is 193 Å². The second-order valence-corrected chi connectivity index (χ2v) is 7.82. The Balaban J connectivity index is 1.52. The highest BCUT2D eigenvalue weighted by atomic mass is 16.6. The van der Waals surface area contributed by atoms with Gasteiger partial charge in [-0.25, -0.2) is 9.48 Å². The number of hydrogen-bond acceptors (Lipinski definition) is 5. The van der Waals surface area contributed by atoms with Crippen molar-refractivity contribution in [1.29, 1.82) is 0 Å². The number of amides is 2. The third kappa shape index (κ3) is 5.16. The van der Waals surface area contributed by atoms with Crippen molar-refractivity contribution < 1.29 is 19.1 Å². The first-order valence-electron chi connectivity index (χ1n) is 11.1. The molecule has 1 N–H and O–H groups in total. The Morgan fingerprint density at radius 2 is 1.76 bits per heavy atom. The molecular weight excluding hydrogens is 420 g/mol. The van der Waals surface area contributed by atoms with Gasteiger partial charge in [-0.2, -0.15) is 5.10 Å². The van der Waals surface area contributed by atoms with Crippen LogP contribution >= 0.6 is 0 Å². The molecule has 3 aromatic rings. The average molecular weight is 449 g/mol. The molecule has 2 amide bonds. The van der Waals surface area contributed by atoms with E-state index < -0.39 is 0 Å². The molecule has 1 fully saturated rings. The average Bonchev–Trinajstić information content (AvgIpc) is 3.31. The largest absolute Gasteiger partial charge is 0.497 e. The van der Waals surface area contributed by atoms with E-state index in [-0.39, 0.29) is 18.0 Å². The SMILES string of the molecule is CCOC(=O)N1CCC(NC(=O)c2cc(-c3ccc(OC)cc3)n(-c3ccccc3)n2)CC1. The number of para-hydroxylation sites is 1. The fourth-order valence-corrected chi connectivity index (χ4v) is 3.91. The fourth-order valence-electron chi connectivity index (χ4n) is 3.91. The molecule has 8 heteroatoms. The van der Waals surface area contributed by atoms with Gasteiger partial charge in [0.15, 0.2) is 5.69 Å². The van der Waals surface area contributed by atoms with Gasteiger partial charge < -0.3 is 19.7 Å². The molecule has 172 valence electrons. The molecule has 0 spiro atoms. The Bertz CT molecular complexity index is 1090. The van der Waals surface area contributed by atoms with Crippen LogP contribution in [-0.4, -0.2) is 59.5 Å². The number of piperidine rings is 1. The lowest BCUT2D eigenvalue weighted by atomic mass is 10.1. The second-order valence-electron chi connectivity index (χ2n) is 7.82. The molecule has 2 heterocycles. The molecule has 1 aliphatic heterocycles. The van der Waals surface area contributed by atoms with E-state index in [2.05, 4.69) is 10.4 Å². The molecule has 1 saturated heterocycles. The van der Waals surface area contributed by atoms with E-state index in [4.69, 9.17) is 9.47 Å². The van der Waals surface area contributed by atoms with Gasteiger partial charge in [0, 0.05) is 24.7 Å². The minimum Gasteiger partial charge on any atom is -0.497 e. The molecular formula is C25H28N4O4. The van der Waals surface area contributed by atoms with Gasteiger partial charge in [0.05, 0.1) is 25.1 Å². The zero-order chi connectivity index (χ0) is 23.2. The maximum atomic E-state index is 13.0. The smallest absolute Gasteiger partial charge is 0.409 e. The summed E-state index contributed by atoms with van der Waals surface area (Å²) in [6, 6.07) is 19.2. The number of hydrogen-bond donors (Lipinski definition) is 1. The number of rotatable bonds is 6. The number of carbonyl (C=O) groups excluding carboxylic acids is 2. The maximum absolute atomic E-state index is 13.0. The molecule has 33 heavy (non-hydrogen) atoms. The third-order valence-electron chi connectivity index (χ3n) is 5.68. The number of ether oxygens (including phenoxy) is 2. The molecule has 0 atom stereocenters. The first kappa shape index (κ1) is 22.4. The summed E-state index contributed by atoms with van der Waals surface area (Å²) >= 11 is 0. The number of aromatic nitrogens is 2. The van der Waals surface area contributed by atoms with Gasteiger partial charge in [0.2, 0.25) is 0 Å². The van der Waals surface area contributed by atoms with Crippen LogP contribution in [0, 0.1) is 0 Å². The van der Waals surface area contributed by atoms with Crippen molar-refractivity contribution in [2.24, 2.45) is 0 Å². The van der Waals surface area contributed by atoms with Gasteiger partial charge in [-0.3, -0.25) is 4.79 Å². The summed E-state index contributed by atoms with van der Waals surface area (Å²) in [6.45, 7) is 3.26. The van der Waals surface area contributed by atoms with Crippen molar-refractivity contribution in [1.82, 2.24) is 20.0 Å². The van der Waals surface area contributed by atoms with Crippen LogP contribution in [0.15, 0.2) is 60.7 Å². The van der Waals surface area contributed by atoms with E-state index in [1.807, 2.05) is 54.6 Å². The van der Waals surface area contributed by atoms with Crippen molar-refractivity contribution in [3.05, 3.63) is 66.4 Å². The lowest BCUT2D eigenvalue weighted by molar-refractivity contribution is 0.0856. The Morgan fingerprint density at radius 3 is 2.39 bits per heavy atom. The standard InChI is InChI=1S/C25H28N4O4/c1-3-33-25(31)28-15-13-19(14-16-28)26-24(30)22-17-23(18-9-11-21(32-2)12-10-18)29(27-22)20-7-5-4-6-8-20/h4-12,17,19H,3,13-16H2,1-2H3,(H,26,30). The van der Waals surface area contributed by atoms with Crippen molar-refractivity contribution in [2.75, 3.05) is 26.8 Å². The molecule has 1 aromatic heterocycles. The highest BCUT2D eigenvalue weighted by Gasteiger charge is 2.26. The molecule has 0 bridgehead atoms. The molecule has 2 aromatic carbocycles. The van der Waals surface area contributed by atoms with Gasteiger partial charge >= 0.3 is 6.09 Å². The van der Waals surface area contributed by atoms with Crippen molar-refractivity contribution >= 4 is 12.0 Å². The van der Waals surface area contributed by atoms with Gasteiger partial charge in [-0.1, -0.05) is 18.2 Å². The number of likely N-dealkylation sites (tertiary alicyclic amines) is 1. The minimum atomic E-state index is -0.298. The lowest BCUT2D eigenvalue weighted by Gasteiger charge is -2.31. The number of nitrogens with one attached hydrogen (secondary N) is 1. The topological polar surface area (TPSA) is 85.7 Å². The van der Waals surface area contributed by atoms with Crippen LogP contribution < -0.4 is 10.1 Å². The fraction of sp³-hybridized carbons (Fsp3) is 0.320. The quantitative estimate of drug-likeness (QED) is 0.618. The van der Waals surface area contributed by atoms with E-state index in [0.29, 0.717) is 38.2 Å². The molecule has 0 unspecified atom stereocenters. The molecule has 0 saturated carbocycles. The van der Waals surface area contributed by atoms with Crippen LogP contribution in [0.1, 0.15) is 30.3 Å². The van der Waals surface area contributed by atoms with Gasteiger partial charge in [-0.15, -0.1) is 0 Å². The number of benzene rings is 2. The first-order chi connectivity index (χ1) is 16.1. The zero-order valence-electron chi connectivity index (χ0n) is 18.9. The zero-order valence-corrected chi connectivity index (χ0v) is 18.9. The molecule has 4 rings (SSSR count). The second kappa shape index (κ2) is 10.2. The van der Waals surface area contributed by atoms with Gasteiger partial charge in [-0.05, 0) is 62.2 Å². The summed E-state index contributed by atoms with van der Waals surface area (Å²) in [4.78, 5) is 26.6. The minimum absolute atomic E-state index is 0.0190. The Hall–Kier alpha value is -3.81. The van der Waals surface area contributed by atoms with Crippen LogP contribution in [0.5, 0.6) is 5.75 Å². The number of nitrogens with zero attached hydrogens (tertiary/aromatic N) is 3. The van der Waals surface area contributed by atoms with Crippen molar-refractivity contribution in [2.45, 2.75) is 25.8 Å². The predicted molar refractivity (Wildman–Crippen MR) is 125 cm³/mol. The highest BCUT2D eigenvalue weighted by Crippen LogP contribution is 2.26.